The third-order valence-electron chi connectivity index (χ3n) is 1.72. The van der Waals surface area contributed by atoms with Gasteiger partial charge in [-0.3, -0.25) is 14.9 Å². The van der Waals surface area contributed by atoms with Crippen molar-refractivity contribution in [2.75, 3.05) is 12.9 Å². The predicted octanol–water partition coefficient (Wildman–Crippen LogP) is 1.13. The Morgan fingerprint density at radius 3 is 3.00 bits per heavy atom. The Bertz CT molecular complexity index is 498. The molecule has 7 nitrogen and oxygen atoms in total. The van der Waals surface area contributed by atoms with Crippen molar-refractivity contribution in [1.82, 2.24) is 4.98 Å². The van der Waals surface area contributed by atoms with E-state index < -0.39 is 10.9 Å². The molecule has 1 aromatic heterocycles. The van der Waals surface area contributed by atoms with E-state index >= 15 is 0 Å². The first-order chi connectivity index (χ1) is 8.08. The number of nitrogens with zero attached hydrogens (tertiary/aromatic N) is 3. The Morgan fingerprint density at radius 2 is 2.47 bits per heavy atom. The molecule has 0 aliphatic carbocycles. The second-order valence-electron chi connectivity index (χ2n) is 2.78. The highest BCUT2D eigenvalue weighted by Gasteiger charge is 2.13. The van der Waals surface area contributed by atoms with E-state index in [0.29, 0.717) is 0 Å². The third-order valence-corrected chi connectivity index (χ3v) is 2.70. The molecule has 17 heavy (non-hydrogen) atoms. The van der Waals surface area contributed by atoms with Gasteiger partial charge in [0.05, 0.1) is 23.3 Å². The lowest BCUT2D eigenvalue weighted by Crippen LogP contribution is -2.04. The van der Waals surface area contributed by atoms with Gasteiger partial charge in [-0.15, -0.1) is 0 Å². The zero-order chi connectivity index (χ0) is 12.8. The number of nitriles is 1. The number of aromatic nitrogens is 1. The van der Waals surface area contributed by atoms with Crippen LogP contribution in [0.25, 0.3) is 0 Å². The molecule has 0 aromatic carbocycles. The number of pyridine rings is 1. The number of methoxy groups -OCH3 is 1. The van der Waals surface area contributed by atoms with Crippen LogP contribution in [-0.2, 0) is 9.53 Å². The lowest BCUT2D eigenvalue weighted by molar-refractivity contribution is -0.385. The van der Waals surface area contributed by atoms with Crippen LogP contribution in [0, 0.1) is 21.4 Å². The quantitative estimate of drug-likeness (QED) is 0.342. The van der Waals surface area contributed by atoms with Gasteiger partial charge in [0.25, 0.3) is 5.69 Å². The van der Waals surface area contributed by atoms with Crippen molar-refractivity contribution in [3.05, 3.63) is 27.9 Å². The molecule has 0 radical (unpaired) electrons. The highest BCUT2D eigenvalue weighted by atomic mass is 32.2. The lowest BCUT2D eigenvalue weighted by atomic mass is 10.3. The number of ether oxygens (including phenoxy) is 1. The van der Waals surface area contributed by atoms with E-state index in [0.717, 1.165) is 24.0 Å². The van der Waals surface area contributed by atoms with Gasteiger partial charge in [-0.1, -0.05) is 11.8 Å². The molecule has 0 amide bonds. The van der Waals surface area contributed by atoms with Crippen LogP contribution in [-0.4, -0.2) is 28.7 Å². The molecule has 0 aliphatic heterocycles. The van der Waals surface area contributed by atoms with Gasteiger partial charge in [-0.05, 0) is 0 Å². The van der Waals surface area contributed by atoms with Gasteiger partial charge >= 0.3 is 5.97 Å². The molecule has 1 heterocycles. The van der Waals surface area contributed by atoms with Crippen molar-refractivity contribution in [2.45, 2.75) is 5.03 Å². The van der Waals surface area contributed by atoms with E-state index in [-0.39, 0.29) is 22.0 Å². The molecule has 0 N–H and O–H groups in total. The first-order valence-corrected chi connectivity index (χ1v) is 5.31. The molecule has 0 saturated carbocycles. The first kappa shape index (κ1) is 12.9. The Labute approximate surface area is 101 Å². The third kappa shape index (κ3) is 3.42. The minimum absolute atomic E-state index is 0.00398. The van der Waals surface area contributed by atoms with Gasteiger partial charge in [0, 0.05) is 6.07 Å². The number of rotatable bonds is 4. The summed E-state index contributed by atoms with van der Waals surface area (Å²) in [4.78, 5) is 24.5. The standard InChI is InChI=1S/C9H7N3O4S/c1-16-8(13)5-17-9-6(3-10)2-7(4-11-9)12(14)15/h2,4H,5H2,1H3. The fraction of sp³-hybridized carbons (Fsp3) is 0.222. The summed E-state index contributed by atoms with van der Waals surface area (Å²) in [6.45, 7) is 0. The summed E-state index contributed by atoms with van der Waals surface area (Å²) in [5, 5.41) is 19.5. The van der Waals surface area contributed by atoms with Crippen molar-refractivity contribution in [1.29, 1.82) is 5.26 Å². The SMILES string of the molecule is COC(=O)CSc1ncc([N+](=O)[O-])cc1C#N. The Kier molecular flexibility index (Phi) is 4.42. The van der Waals surface area contributed by atoms with E-state index in [2.05, 4.69) is 9.72 Å². The number of hydrogen-bond donors (Lipinski definition) is 0. The maximum absolute atomic E-state index is 10.9. The zero-order valence-corrected chi connectivity index (χ0v) is 9.56. The second-order valence-corrected chi connectivity index (χ2v) is 3.74. The summed E-state index contributed by atoms with van der Waals surface area (Å²) in [5.41, 5.74) is -0.197. The molecular formula is C9H7N3O4S. The number of thioether (sulfide) groups is 1. The minimum Gasteiger partial charge on any atom is -0.468 e. The van der Waals surface area contributed by atoms with Crippen LogP contribution in [0.4, 0.5) is 5.69 Å². The lowest BCUT2D eigenvalue weighted by Gasteiger charge is -2.01. The molecule has 0 spiro atoms. The van der Waals surface area contributed by atoms with Crippen LogP contribution in [0.5, 0.6) is 0 Å². The van der Waals surface area contributed by atoms with Crippen LogP contribution in [0.1, 0.15) is 5.56 Å². The number of carbonyl (C=O) groups is 1. The molecule has 0 atom stereocenters. The number of carbonyl (C=O) groups excluding carboxylic acids is 1. The summed E-state index contributed by atoms with van der Waals surface area (Å²) in [7, 11) is 1.25. The molecule has 0 unspecified atom stereocenters. The maximum Gasteiger partial charge on any atom is 0.316 e. The van der Waals surface area contributed by atoms with Crippen molar-refractivity contribution < 1.29 is 14.5 Å². The molecular weight excluding hydrogens is 246 g/mol. The fourth-order valence-corrected chi connectivity index (χ4v) is 1.68. The van der Waals surface area contributed by atoms with Crippen LogP contribution in [0.3, 0.4) is 0 Å². The average Bonchev–Trinajstić information content (AvgIpc) is 2.35. The normalized spacial score (nSPS) is 9.41. The molecule has 1 rings (SSSR count). The van der Waals surface area contributed by atoms with Crippen molar-refractivity contribution in [2.24, 2.45) is 0 Å². The smallest absolute Gasteiger partial charge is 0.316 e. The Hall–Kier alpha value is -2.14. The molecule has 1 aromatic rings. The molecule has 88 valence electrons. The maximum atomic E-state index is 10.9. The van der Waals surface area contributed by atoms with Gasteiger partial charge in [0.15, 0.2) is 0 Å². The number of hydrogen-bond acceptors (Lipinski definition) is 7. The van der Waals surface area contributed by atoms with Crippen LogP contribution >= 0.6 is 11.8 Å². The summed E-state index contributed by atoms with van der Waals surface area (Å²) < 4.78 is 4.43. The number of nitro groups is 1. The summed E-state index contributed by atoms with van der Waals surface area (Å²) >= 11 is 0.994. The first-order valence-electron chi connectivity index (χ1n) is 4.32. The summed E-state index contributed by atoms with van der Waals surface area (Å²) in [5.74, 6) is -0.463. The summed E-state index contributed by atoms with van der Waals surface area (Å²) in [6.07, 6.45) is 1.04. The van der Waals surface area contributed by atoms with Crippen LogP contribution in [0.15, 0.2) is 17.3 Å². The Morgan fingerprint density at radius 1 is 1.76 bits per heavy atom. The topological polar surface area (TPSA) is 106 Å². The van der Waals surface area contributed by atoms with Crippen LogP contribution in [0.2, 0.25) is 0 Å². The molecule has 0 bridgehead atoms. The van der Waals surface area contributed by atoms with E-state index in [9.17, 15) is 14.9 Å². The highest BCUT2D eigenvalue weighted by molar-refractivity contribution is 7.99. The second kappa shape index (κ2) is 5.81. The highest BCUT2D eigenvalue weighted by Crippen LogP contribution is 2.23. The molecule has 0 saturated heterocycles. The van der Waals surface area contributed by atoms with Gasteiger partial charge in [-0.2, -0.15) is 5.26 Å². The van der Waals surface area contributed by atoms with Gasteiger partial charge in [0.2, 0.25) is 0 Å². The zero-order valence-electron chi connectivity index (χ0n) is 8.74. The van der Waals surface area contributed by atoms with E-state index in [4.69, 9.17) is 5.26 Å². The van der Waals surface area contributed by atoms with E-state index in [1.165, 1.54) is 7.11 Å². The van der Waals surface area contributed by atoms with Gasteiger partial charge in [0.1, 0.15) is 17.3 Å². The molecule has 0 aliphatic rings. The van der Waals surface area contributed by atoms with Gasteiger partial charge in [-0.25, -0.2) is 4.98 Å². The Balaban J connectivity index is 2.90. The summed E-state index contributed by atoms with van der Waals surface area (Å²) in [6, 6.07) is 2.91. The largest absolute Gasteiger partial charge is 0.468 e. The van der Waals surface area contributed by atoms with Crippen molar-refractivity contribution in [3.8, 4) is 6.07 Å². The number of esters is 1. The minimum atomic E-state index is -0.636. The van der Waals surface area contributed by atoms with Crippen LogP contribution < -0.4 is 0 Å². The van der Waals surface area contributed by atoms with E-state index in [1.54, 1.807) is 6.07 Å². The fourth-order valence-electron chi connectivity index (χ4n) is 0.922. The monoisotopic (exact) mass is 253 g/mol. The average molecular weight is 253 g/mol. The van der Waals surface area contributed by atoms with Gasteiger partial charge < -0.3 is 4.74 Å². The molecule has 0 fully saturated rings. The van der Waals surface area contributed by atoms with E-state index in [1.807, 2.05) is 0 Å². The van der Waals surface area contributed by atoms with Crippen molar-refractivity contribution >= 4 is 23.4 Å². The predicted molar refractivity (Wildman–Crippen MR) is 58.3 cm³/mol. The van der Waals surface area contributed by atoms with Crippen molar-refractivity contribution in [3.63, 3.8) is 0 Å². The molecule has 8 heteroatoms.